The minimum Gasteiger partial charge on any atom is -0.411 e. The predicted octanol–water partition coefficient (Wildman–Crippen LogP) is 8.22. The number of ketones is 1. The molecule has 0 aromatic heterocycles. The summed E-state index contributed by atoms with van der Waals surface area (Å²) in [5.41, 5.74) is 5.04. The third-order valence-electron chi connectivity index (χ3n) is 11.4. The van der Waals surface area contributed by atoms with Gasteiger partial charge in [-0.3, -0.25) is 4.79 Å². The molecule has 0 amide bonds. The molecule has 4 nitrogen and oxygen atoms in total. The summed E-state index contributed by atoms with van der Waals surface area (Å²) in [6.07, 6.45) is 3.96. The van der Waals surface area contributed by atoms with Gasteiger partial charge in [-0.25, -0.2) is 0 Å². The first-order valence-electron chi connectivity index (χ1n) is 15.7. The summed E-state index contributed by atoms with van der Waals surface area (Å²) < 4.78 is 40.6. The van der Waals surface area contributed by atoms with Crippen LogP contribution in [-0.2, 0) is 4.79 Å². The van der Waals surface area contributed by atoms with Gasteiger partial charge in [-0.1, -0.05) is 49.6 Å². The largest absolute Gasteiger partial charge is 0.457 e. The lowest BCUT2D eigenvalue weighted by atomic mass is 9.47. The lowest BCUT2D eigenvalue weighted by Gasteiger charge is -2.55. The second-order valence-electron chi connectivity index (χ2n) is 13.4. The molecule has 6 rings (SSSR count). The highest BCUT2D eigenvalue weighted by atomic mass is 19.4. The number of hydrogen-bond donors (Lipinski definition) is 1. The average molecular weight is 579 g/mol. The smallest absolute Gasteiger partial charge is 0.411 e. The van der Waals surface area contributed by atoms with E-state index in [1.54, 1.807) is 12.8 Å². The topological polar surface area (TPSA) is 52.9 Å². The van der Waals surface area contributed by atoms with Gasteiger partial charge in [-0.05, 0) is 109 Å². The van der Waals surface area contributed by atoms with E-state index in [-0.39, 0.29) is 35.9 Å². The molecule has 42 heavy (non-hydrogen) atoms. The molecular weight excluding hydrogens is 537 g/mol. The molecule has 224 valence electrons. The summed E-state index contributed by atoms with van der Waals surface area (Å²) in [5.74, 6) is 4.49. The van der Waals surface area contributed by atoms with E-state index in [9.17, 15) is 23.2 Å². The van der Waals surface area contributed by atoms with E-state index < -0.39 is 17.0 Å². The van der Waals surface area contributed by atoms with Gasteiger partial charge >= 0.3 is 6.18 Å². The molecular formula is C35H41F3N2O2. The Labute approximate surface area is 247 Å². The Morgan fingerprint density at radius 2 is 1.88 bits per heavy atom. The standard InChI is InChI=1S/C35H41F3N2O2/c1-4-31(41)34(15-16-35(36,37)38)14-13-30-28-19-22(2)27-20-24(39-42)9-12-26(27)32(28)29(21-33(30,34)3)23-7-10-25(11-8-23)40-17-5-6-18-40/h7-8,10-11,20,22,28-30,42H,4-6,9,12-14,17-19,21H2,1-3H3/t22?,28-,29+,30-,33-,34-/m0/s1. The van der Waals surface area contributed by atoms with Crippen molar-refractivity contribution >= 4 is 17.2 Å². The van der Waals surface area contributed by atoms with Crippen LogP contribution in [0.1, 0.15) is 90.0 Å². The molecule has 1 aromatic carbocycles. The molecule has 5 aliphatic rings. The Balaban J connectivity index is 1.52. The number of rotatable bonds is 4. The van der Waals surface area contributed by atoms with E-state index in [0.29, 0.717) is 31.4 Å². The van der Waals surface area contributed by atoms with E-state index in [1.807, 2.05) is 6.08 Å². The number of allylic oxidation sites excluding steroid dienone is 4. The predicted molar refractivity (Wildman–Crippen MR) is 158 cm³/mol. The minimum atomic E-state index is -4.64. The SMILES string of the molecule is CCC(=O)[C@@]1(C#CC(F)(F)F)CC[C@H]2[C@@H]3CC(C)C4=CC(=NO)CCC4=C3[C@@H](c3ccc(N4CCCC4)cc3)C[C@@]21C. The summed E-state index contributed by atoms with van der Waals surface area (Å²) in [6, 6.07) is 8.79. The highest BCUT2D eigenvalue weighted by Gasteiger charge is 2.65. The van der Waals surface area contributed by atoms with Gasteiger partial charge in [0.15, 0.2) is 5.78 Å². The third kappa shape index (κ3) is 4.61. The molecule has 7 heteroatoms. The van der Waals surface area contributed by atoms with E-state index >= 15 is 0 Å². The van der Waals surface area contributed by atoms with Crippen molar-refractivity contribution < 1.29 is 23.2 Å². The molecule has 0 spiro atoms. The number of carbonyl (C=O) groups excluding carboxylic acids is 1. The second kappa shape index (κ2) is 10.6. The van der Waals surface area contributed by atoms with Gasteiger partial charge in [0.05, 0.1) is 11.1 Å². The monoisotopic (exact) mass is 578 g/mol. The molecule has 1 heterocycles. The first-order valence-corrected chi connectivity index (χ1v) is 15.7. The number of nitrogens with zero attached hydrogens (tertiary/aromatic N) is 2. The number of halogens is 3. The molecule has 0 radical (unpaired) electrons. The van der Waals surface area contributed by atoms with E-state index in [1.165, 1.54) is 35.2 Å². The Bertz CT molecular complexity index is 1410. The van der Waals surface area contributed by atoms with Crippen LogP contribution < -0.4 is 4.90 Å². The molecule has 3 fully saturated rings. The fourth-order valence-corrected chi connectivity index (χ4v) is 9.47. The Morgan fingerprint density at radius 3 is 2.52 bits per heavy atom. The fraction of sp³-hybridized carbons (Fsp3) is 0.600. The van der Waals surface area contributed by atoms with E-state index in [4.69, 9.17) is 0 Å². The summed E-state index contributed by atoms with van der Waals surface area (Å²) >= 11 is 0. The van der Waals surface area contributed by atoms with Crippen molar-refractivity contribution in [3.63, 3.8) is 0 Å². The van der Waals surface area contributed by atoms with Crippen molar-refractivity contribution in [2.45, 2.75) is 90.7 Å². The van der Waals surface area contributed by atoms with Crippen LogP contribution in [-0.4, -0.2) is 36.0 Å². The molecule has 1 aliphatic heterocycles. The number of oxime groups is 1. The Kier molecular flexibility index (Phi) is 7.35. The summed E-state index contributed by atoms with van der Waals surface area (Å²) in [6.45, 7) is 8.14. The minimum absolute atomic E-state index is 0.0165. The number of benzene rings is 1. The number of hydrogen-bond acceptors (Lipinski definition) is 4. The van der Waals surface area contributed by atoms with Crippen LogP contribution >= 0.6 is 0 Å². The van der Waals surface area contributed by atoms with Crippen molar-refractivity contribution in [2.24, 2.45) is 33.7 Å². The molecule has 0 bridgehead atoms. The van der Waals surface area contributed by atoms with Gasteiger partial charge in [0, 0.05) is 37.0 Å². The van der Waals surface area contributed by atoms with Gasteiger partial charge in [-0.2, -0.15) is 13.2 Å². The number of anilines is 1. The normalized spacial score (nSPS) is 35.2. The highest BCUT2D eigenvalue weighted by molar-refractivity contribution is 5.97. The number of Topliss-reactive ketones (excluding diaryl/α,β-unsaturated/α-hetero) is 1. The van der Waals surface area contributed by atoms with Crippen LogP contribution in [0.2, 0.25) is 0 Å². The summed E-state index contributed by atoms with van der Waals surface area (Å²) in [7, 11) is 0. The maximum absolute atomic E-state index is 13.7. The molecule has 1 saturated heterocycles. The number of alkyl halides is 3. The zero-order valence-corrected chi connectivity index (χ0v) is 24.9. The number of carbonyl (C=O) groups is 1. The van der Waals surface area contributed by atoms with Crippen LogP contribution in [0.15, 0.2) is 52.2 Å². The molecule has 2 saturated carbocycles. The van der Waals surface area contributed by atoms with Gasteiger partial charge in [0.1, 0.15) is 0 Å². The van der Waals surface area contributed by atoms with Crippen molar-refractivity contribution in [2.75, 3.05) is 18.0 Å². The molecule has 4 aliphatic carbocycles. The first-order chi connectivity index (χ1) is 20.0. The lowest BCUT2D eigenvalue weighted by Crippen LogP contribution is -2.51. The maximum Gasteiger partial charge on any atom is 0.457 e. The zero-order valence-electron chi connectivity index (χ0n) is 24.9. The molecule has 1 aromatic rings. The van der Waals surface area contributed by atoms with Gasteiger partial charge in [0.25, 0.3) is 0 Å². The second-order valence-corrected chi connectivity index (χ2v) is 13.4. The Hall–Kier alpha value is -3.01. The van der Waals surface area contributed by atoms with Gasteiger partial charge in [-0.15, -0.1) is 0 Å². The van der Waals surface area contributed by atoms with Crippen LogP contribution in [0.5, 0.6) is 0 Å². The molecule has 1 unspecified atom stereocenters. The van der Waals surface area contributed by atoms with E-state index in [0.717, 1.165) is 31.5 Å². The Morgan fingerprint density at radius 1 is 1.17 bits per heavy atom. The van der Waals surface area contributed by atoms with Gasteiger partial charge < -0.3 is 10.1 Å². The number of fused-ring (bicyclic) bond motifs is 4. The average Bonchev–Trinajstić information content (AvgIpc) is 3.62. The third-order valence-corrected chi connectivity index (χ3v) is 11.4. The van der Waals surface area contributed by atoms with Crippen molar-refractivity contribution in [1.82, 2.24) is 0 Å². The lowest BCUT2D eigenvalue weighted by molar-refractivity contribution is -0.132. The van der Waals surface area contributed by atoms with Crippen molar-refractivity contribution in [3.8, 4) is 11.8 Å². The summed E-state index contributed by atoms with van der Waals surface area (Å²) in [4.78, 5) is 16.1. The van der Waals surface area contributed by atoms with Crippen LogP contribution in [0.25, 0.3) is 0 Å². The van der Waals surface area contributed by atoms with E-state index in [2.05, 4.69) is 54.1 Å². The fourth-order valence-electron chi connectivity index (χ4n) is 9.47. The van der Waals surface area contributed by atoms with Crippen LogP contribution in [0.4, 0.5) is 18.9 Å². The quantitative estimate of drug-likeness (QED) is 0.223. The van der Waals surface area contributed by atoms with Crippen molar-refractivity contribution in [3.05, 3.63) is 52.6 Å². The van der Waals surface area contributed by atoms with Crippen molar-refractivity contribution in [1.29, 1.82) is 0 Å². The zero-order chi connectivity index (χ0) is 29.9. The van der Waals surface area contributed by atoms with Crippen LogP contribution in [0, 0.1) is 40.4 Å². The van der Waals surface area contributed by atoms with Crippen LogP contribution in [0.3, 0.4) is 0 Å². The molecule has 1 N–H and O–H groups in total. The summed E-state index contributed by atoms with van der Waals surface area (Å²) in [5, 5.41) is 13.1. The highest BCUT2D eigenvalue weighted by Crippen LogP contribution is 2.70. The molecule has 6 atom stereocenters. The first kappa shape index (κ1) is 29.1. The maximum atomic E-state index is 13.7. The van der Waals surface area contributed by atoms with Gasteiger partial charge in [0.2, 0.25) is 0 Å².